The summed E-state index contributed by atoms with van der Waals surface area (Å²) in [5, 5.41) is 13.2. The van der Waals surface area contributed by atoms with Crippen molar-refractivity contribution in [2.75, 3.05) is 0 Å². The summed E-state index contributed by atoms with van der Waals surface area (Å²) in [6.45, 7) is 11.7. The van der Waals surface area contributed by atoms with Gasteiger partial charge in [0.1, 0.15) is 23.9 Å². The van der Waals surface area contributed by atoms with Crippen LogP contribution in [0.4, 0.5) is 0 Å². The van der Waals surface area contributed by atoms with Crippen LogP contribution in [0.25, 0.3) is 0 Å². The van der Waals surface area contributed by atoms with Gasteiger partial charge in [0.05, 0.1) is 22.3 Å². The SMILES string of the molecule is CC(=O)OC1[C@@]2(OC(C)=O)CC3=C([C@H](OC(C)=O)C(C)(C)C3=O)[C@]1(C)[C@H](OC(C)=O)[C@@]1(O)C[C@H](C)[C@H](OC(=O)c3ccccc3)[C@@H]1[C@H]2OC(C)=O. The second kappa shape index (κ2) is 12.9. The number of fused-ring (bicyclic) bond motifs is 4. The van der Waals surface area contributed by atoms with E-state index in [4.69, 9.17) is 28.4 Å². The fraction of sp³-hybridized carbons (Fsp3) is 0.595. The third-order valence-electron chi connectivity index (χ3n) is 10.8. The van der Waals surface area contributed by atoms with Crippen molar-refractivity contribution in [1.82, 2.24) is 0 Å². The van der Waals surface area contributed by atoms with Gasteiger partial charge >= 0.3 is 35.8 Å². The van der Waals surface area contributed by atoms with Gasteiger partial charge in [-0.2, -0.15) is 0 Å². The summed E-state index contributed by atoms with van der Waals surface area (Å²) in [4.78, 5) is 93.2. The lowest BCUT2D eigenvalue weighted by Crippen LogP contribution is -2.68. The van der Waals surface area contributed by atoms with Crippen LogP contribution in [0.3, 0.4) is 0 Å². The Morgan fingerprint density at radius 2 is 1.29 bits per heavy atom. The molecule has 51 heavy (non-hydrogen) atoms. The Labute approximate surface area is 295 Å². The van der Waals surface area contributed by atoms with E-state index in [1.165, 1.54) is 19.1 Å². The topological polar surface area (TPSA) is 195 Å². The molecule has 0 aromatic heterocycles. The number of benzene rings is 1. The van der Waals surface area contributed by atoms with Crippen molar-refractivity contribution in [3.8, 4) is 0 Å². The number of esters is 6. The van der Waals surface area contributed by atoms with Crippen molar-refractivity contribution in [3.63, 3.8) is 0 Å². The Hall–Kier alpha value is -4.59. The Kier molecular flexibility index (Phi) is 9.51. The summed E-state index contributed by atoms with van der Waals surface area (Å²) in [6, 6.07) is 8.01. The molecule has 0 saturated heterocycles. The molecule has 5 rings (SSSR count). The van der Waals surface area contributed by atoms with Gasteiger partial charge in [-0.3, -0.25) is 28.8 Å². The molecule has 1 unspecified atom stereocenters. The molecule has 1 aromatic carbocycles. The van der Waals surface area contributed by atoms with E-state index in [0.29, 0.717) is 0 Å². The maximum Gasteiger partial charge on any atom is 0.338 e. The van der Waals surface area contributed by atoms with E-state index in [-0.39, 0.29) is 23.1 Å². The number of rotatable bonds is 7. The molecular formula is C37H44O14. The summed E-state index contributed by atoms with van der Waals surface area (Å²) in [5.74, 6) is -7.93. The van der Waals surface area contributed by atoms with Crippen LogP contribution < -0.4 is 0 Å². The number of hydrogen-bond donors (Lipinski definition) is 1. The first-order chi connectivity index (χ1) is 23.6. The molecule has 2 bridgehead atoms. The minimum absolute atomic E-state index is 0.0119. The van der Waals surface area contributed by atoms with E-state index in [2.05, 4.69) is 0 Å². The van der Waals surface area contributed by atoms with Crippen LogP contribution in [-0.2, 0) is 57.2 Å². The summed E-state index contributed by atoms with van der Waals surface area (Å²) in [5.41, 5.74) is -7.79. The van der Waals surface area contributed by atoms with Crippen molar-refractivity contribution >= 4 is 41.6 Å². The minimum atomic E-state index is -2.29. The van der Waals surface area contributed by atoms with Crippen molar-refractivity contribution in [3.05, 3.63) is 47.0 Å². The van der Waals surface area contributed by atoms with E-state index < -0.39 is 112 Å². The molecule has 0 amide bonds. The summed E-state index contributed by atoms with van der Waals surface area (Å²) in [6.07, 6.45) is -8.67. The molecule has 4 aliphatic rings. The standard InChI is InChI=1S/C37H44O14/c1-17-15-36(45)26(27(17)50-31(44)23-13-11-10-12-14-23)30(47-19(3)39)37(51-22(6)42)16-24-25(29(46-18(2)38)34(7,8)28(24)43)35(9,32(36)48-20(4)40)33(37)49-21(5)41/h10-14,17,26-27,29-30,32-33,45H,15-16H2,1-9H3/t17-,26+,27-,29-,30+,32-,33?,35+,36+,37+/m0/s1. The molecule has 2 fully saturated rings. The molecule has 0 spiro atoms. The van der Waals surface area contributed by atoms with Gasteiger partial charge in [-0.1, -0.05) is 25.1 Å². The first-order valence-corrected chi connectivity index (χ1v) is 16.8. The highest BCUT2D eigenvalue weighted by atomic mass is 16.6. The third kappa shape index (κ3) is 5.90. The molecule has 14 heteroatoms. The number of hydrogen-bond acceptors (Lipinski definition) is 14. The summed E-state index contributed by atoms with van der Waals surface area (Å²) < 4.78 is 36.2. The highest BCUT2D eigenvalue weighted by Crippen LogP contribution is 2.67. The van der Waals surface area contributed by atoms with Crippen LogP contribution in [0.15, 0.2) is 41.5 Å². The molecule has 2 saturated carbocycles. The quantitative estimate of drug-likeness (QED) is 0.320. The lowest BCUT2D eigenvalue weighted by molar-refractivity contribution is -0.239. The molecule has 1 N–H and O–H groups in total. The number of ether oxygens (including phenoxy) is 6. The second-order valence-electron chi connectivity index (χ2n) is 14.9. The van der Waals surface area contributed by atoms with Gasteiger partial charge in [-0.15, -0.1) is 0 Å². The van der Waals surface area contributed by atoms with E-state index in [1.807, 2.05) is 0 Å². The van der Waals surface area contributed by atoms with Crippen LogP contribution in [-0.4, -0.2) is 88.4 Å². The average Bonchev–Trinajstić information content (AvgIpc) is 3.36. The Balaban J connectivity index is 1.92. The number of Topliss-reactive ketones (excluding diaryl/α,β-unsaturated/α-hetero) is 1. The van der Waals surface area contributed by atoms with Crippen LogP contribution in [0.1, 0.15) is 85.5 Å². The molecule has 0 heterocycles. The van der Waals surface area contributed by atoms with Crippen molar-refractivity contribution in [2.45, 2.75) is 117 Å². The summed E-state index contributed by atoms with van der Waals surface area (Å²) >= 11 is 0. The highest BCUT2D eigenvalue weighted by molar-refractivity contribution is 6.05. The largest absolute Gasteiger partial charge is 0.458 e. The van der Waals surface area contributed by atoms with Crippen LogP contribution >= 0.6 is 0 Å². The lowest BCUT2D eigenvalue weighted by atomic mass is 9.58. The van der Waals surface area contributed by atoms with Gasteiger partial charge in [-0.05, 0) is 50.8 Å². The molecule has 10 atom stereocenters. The van der Waals surface area contributed by atoms with Crippen molar-refractivity contribution in [2.24, 2.45) is 22.7 Å². The molecule has 14 nitrogen and oxygen atoms in total. The average molecular weight is 713 g/mol. The third-order valence-corrected chi connectivity index (χ3v) is 10.8. The molecular weight excluding hydrogens is 668 g/mol. The monoisotopic (exact) mass is 712 g/mol. The second-order valence-corrected chi connectivity index (χ2v) is 14.9. The van der Waals surface area contributed by atoms with E-state index >= 15 is 0 Å². The van der Waals surface area contributed by atoms with Gasteiger partial charge in [-0.25, -0.2) is 4.79 Å². The normalized spacial score (nSPS) is 36.1. The predicted molar refractivity (Wildman–Crippen MR) is 173 cm³/mol. The first-order valence-electron chi connectivity index (χ1n) is 16.8. The number of aliphatic hydroxyl groups is 1. The molecule has 4 aliphatic carbocycles. The first kappa shape index (κ1) is 37.7. The van der Waals surface area contributed by atoms with Gasteiger partial charge in [0.15, 0.2) is 23.6 Å². The summed E-state index contributed by atoms with van der Waals surface area (Å²) in [7, 11) is 0. The zero-order valence-electron chi connectivity index (χ0n) is 30.1. The zero-order valence-corrected chi connectivity index (χ0v) is 30.1. The van der Waals surface area contributed by atoms with E-state index in [9.17, 15) is 38.7 Å². The smallest absolute Gasteiger partial charge is 0.338 e. The maximum absolute atomic E-state index is 14.5. The van der Waals surface area contributed by atoms with Crippen molar-refractivity contribution < 1.29 is 67.1 Å². The molecule has 0 aliphatic heterocycles. The van der Waals surface area contributed by atoms with Gasteiger partial charge in [0, 0.05) is 46.6 Å². The Morgan fingerprint density at radius 1 is 0.745 bits per heavy atom. The predicted octanol–water partition coefficient (Wildman–Crippen LogP) is 2.96. The number of ketones is 1. The molecule has 276 valence electrons. The van der Waals surface area contributed by atoms with Gasteiger partial charge in [0.2, 0.25) is 0 Å². The number of carbonyl (C=O) groups excluding carboxylic acids is 7. The van der Waals surface area contributed by atoms with Crippen LogP contribution in [0.2, 0.25) is 0 Å². The van der Waals surface area contributed by atoms with Gasteiger partial charge in [0.25, 0.3) is 0 Å². The minimum Gasteiger partial charge on any atom is -0.458 e. The van der Waals surface area contributed by atoms with E-state index in [0.717, 1.165) is 34.6 Å². The Bertz CT molecular complexity index is 1710. The maximum atomic E-state index is 14.5. The van der Waals surface area contributed by atoms with E-state index in [1.54, 1.807) is 39.0 Å². The molecule has 0 radical (unpaired) electrons. The van der Waals surface area contributed by atoms with Crippen LogP contribution in [0, 0.1) is 22.7 Å². The number of carbonyl (C=O) groups is 7. The molecule has 1 aromatic rings. The van der Waals surface area contributed by atoms with Crippen molar-refractivity contribution in [1.29, 1.82) is 0 Å². The fourth-order valence-electron chi connectivity index (χ4n) is 9.30. The lowest BCUT2D eigenvalue weighted by Gasteiger charge is -2.54. The fourth-order valence-corrected chi connectivity index (χ4v) is 9.30. The Morgan fingerprint density at radius 3 is 1.82 bits per heavy atom. The zero-order chi connectivity index (χ0) is 38.0. The van der Waals surface area contributed by atoms with Crippen LogP contribution in [0.5, 0.6) is 0 Å². The van der Waals surface area contributed by atoms with Gasteiger partial charge < -0.3 is 33.5 Å². The highest BCUT2D eigenvalue weighted by Gasteiger charge is 2.81.